The summed E-state index contributed by atoms with van der Waals surface area (Å²) in [7, 11) is 1.66. The zero-order chi connectivity index (χ0) is 16.1. The Bertz CT molecular complexity index is 562. The van der Waals surface area contributed by atoms with E-state index in [1.165, 1.54) is 0 Å². The lowest BCUT2D eigenvalue weighted by molar-refractivity contribution is -0.124. The average Bonchev–Trinajstić information content (AvgIpc) is 2.97. The van der Waals surface area contributed by atoms with Crippen LogP contribution in [-0.2, 0) is 9.59 Å². The van der Waals surface area contributed by atoms with Gasteiger partial charge in [0, 0.05) is 37.3 Å². The third-order valence-corrected chi connectivity index (χ3v) is 4.41. The fourth-order valence-corrected chi connectivity index (χ4v) is 2.79. The molecule has 120 valence electrons. The molecule has 0 unspecified atom stereocenters. The highest BCUT2D eigenvalue weighted by Gasteiger charge is 2.27. The number of halogens is 1. The molecule has 0 aliphatic carbocycles. The summed E-state index contributed by atoms with van der Waals surface area (Å²) < 4.78 is 0. The zero-order valence-electron chi connectivity index (χ0n) is 13.0. The normalized spacial score (nSPS) is 18.2. The number of likely N-dealkylation sites (tertiary alicyclic amines) is 1. The number of amides is 2. The molecule has 1 fully saturated rings. The maximum atomic E-state index is 12.0. The van der Waals surface area contributed by atoms with Gasteiger partial charge in [-0.05, 0) is 37.6 Å². The summed E-state index contributed by atoms with van der Waals surface area (Å²) in [4.78, 5) is 25.7. The van der Waals surface area contributed by atoms with Crippen molar-refractivity contribution in [3.05, 3.63) is 28.8 Å². The van der Waals surface area contributed by atoms with Gasteiger partial charge in [-0.3, -0.25) is 9.59 Å². The van der Waals surface area contributed by atoms with E-state index >= 15 is 0 Å². The molecule has 0 aromatic heterocycles. The summed E-state index contributed by atoms with van der Waals surface area (Å²) in [5.41, 5.74) is 1.70. The minimum absolute atomic E-state index is 0.0386. The molecule has 0 spiro atoms. The van der Waals surface area contributed by atoms with Crippen LogP contribution in [0.2, 0.25) is 5.02 Å². The maximum absolute atomic E-state index is 12.0. The van der Waals surface area contributed by atoms with Gasteiger partial charge in [-0.25, -0.2) is 0 Å². The van der Waals surface area contributed by atoms with Crippen molar-refractivity contribution in [2.75, 3.05) is 32.0 Å². The Kier molecular flexibility index (Phi) is 5.80. The zero-order valence-corrected chi connectivity index (χ0v) is 13.7. The molecule has 2 rings (SSSR count). The first-order valence-corrected chi connectivity index (χ1v) is 7.87. The number of hydrogen-bond donors (Lipinski definition) is 2. The number of carbonyl (C=O) groups excluding carboxylic acids is 2. The van der Waals surface area contributed by atoms with Crippen molar-refractivity contribution >= 4 is 29.1 Å². The van der Waals surface area contributed by atoms with Crippen molar-refractivity contribution in [3.63, 3.8) is 0 Å². The Balaban J connectivity index is 1.76. The monoisotopic (exact) mass is 323 g/mol. The van der Waals surface area contributed by atoms with Crippen molar-refractivity contribution in [2.24, 2.45) is 5.92 Å². The van der Waals surface area contributed by atoms with Gasteiger partial charge in [-0.1, -0.05) is 17.7 Å². The molecule has 1 aromatic rings. The lowest BCUT2D eigenvalue weighted by atomic mass is 10.1. The first kappa shape index (κ1) is 16.8. The SMILES string of the molecule is CNC(=O)[C@H]1CCN(CCC(=O)Nc2ccc(C)c(Cl)c2)C1. The summed E-state index contributed by atoms with van der Waals surface area (Å²) in [5, 5.41) is 6.17. The second kappa shape index (κ2) is 7.61. The lowest BCUT2D eigenvalue weighted by Crippen LogP contribution is -2.31. The molecule has 0 bridgehead atoms. The Hall–Kier alpha value is -1.59. The molecule has 22 heavy (non-hydrogen) atoms. The molecule has 1 atom stereocenters. The third kappa shape index (κ3) is 4.45. The van der Waals surface area contributed by atoms with E-state index in [9.17, 15) is 9.59 Å². The van der Waals surface area contributed by atoms with Crippen molar-refractivity contribution in [2.45, 2.75) is 19.8 Å². The van der Waals surface area contributed by atoms with E-state index in [2.05, 4.69) is 15.5 Å². The summed E-state index contributed by atoms with van der Waals surface area (Å²) in [6.07, 6.45) is 1.26. The second-order valence-electron chi connectivity index (χ2n) is 5.66. The van der Waals surface area contributed by atoms with Gasteiger partial charge in [0.25, 0.3) is 0 Å². The predicted molar refractivity (Wildman–Crippen MR) is 88.0 cm³/mol. The van der Waals surface area contributed by atoms with E-state index in [1.807, 2.05) is 19.1 Å². The molecule has 0 radical (unpaired) electrons. The van der Waals surface area contributed by atoms with Crippen molar-refractivity contribution in [1.82, 2.24) is 10.2 Å². The molecule has 1 saturated heterocycles. The fourth-order valence-electron chi connectivity index (χ4n) is 2.61. The number of anilines is 1. The van der Waals surface area contributed by atoms with E-state index in [4.69, 9.17) is 11.6 Å². The molecule has 6 heteroatoms. The number of benzene rings is 1. The Labute approximate surface area is 136 Å². The lowest BCUT2D eigenvalue weighted by Gasteiger charge is -2.15. The van der Waals surface area contributed by atoms with Gasteiger partial charge in [0.1, 0.15) is 0 Å². The third-order valence-electron chi connectivity index (χ3n) is 4.00. The Morgan fingerprint density at radius 3 is 2.86 bits per heavy atom. The highest BCUT2D eigenvalue weighted by Crippen LogP contribution is 2.20. The summed E-state index contributed by atoms with van der Waals surface area (Å²) in [6.45, 7) is 4.17. The second-order valence-corrected chi connectivity index (χ2v) is 6.07. The van der Waals surface area contributed by atoms with Gasteiger partial charge in [-0.2, -0.15) is 0 Å². The van der Waals surface area contributed by atoms with Crippen LogP contribution in [0.15, 0.2) is 18.2 Å². The van der Waals surface area contributed by atoms with Crippen LogP contribution in [0.1, 0.15) is 18.4 Å². The van der Waals surface area contributed by atoms with Gasteiger partial charge >= 0.3 is 0 Å². The number of aryl methyl sites for hydroxylation is 1. The Morgan fingerprint density at radius 1 is 1.41 bits per heavy atom. The fraction of sp³-hybridized carbons (Fsp3) is 0.500. The smallest absolute Gasteiger partial charge is 0.225 e. The molecule has 1 aromatic carbocycles. The molecular formula is C16H22ClN3O2. The summed E-state index contributed by atoms with van der Waals surface area (Å²) in [5.74, 6) is 0.0912. The van der Waals surface area contributed by atoms with Crippen LogP contribution >= 0.6 is 11.6 Å². The summed E-state index contributed by atoms with van der Waals surface area (Å²) in [6, 6.07) is 5.48. The van der Waals surface area contributed by atoms with Gasteiger partial charge < -0.3 is 15.5 Å². The number of rotatable bonds is 5. The first-order chi connectivity index (χ1) is 10.5. The van der Waals surface area contributed by atoms with E-state index in [-0.39, 0.29) is 17.7 Å². The standard InChI is InChI=1S/C16H22ClN3O2/c1-11-3-4-13(9-14(11)17)19-15(21)6-8-20-7-5-12(10-20)16(22)18-2/h3-4,9,12H,5-8,10H2,1-2H3,(H,18,22)(H,19,21)/t12-/m0/s1. The van der Waals surface area contributed by atoms with Crippen LogP contribution in [0, 0.1) is 12.8 Å². The van der Waals surface area contributed by atoms with Crippen LogP contribution in [0.25, 0.3) is 0 Å². The highest BCUT2D eigenvalue weighted by atomic mass is 35.5. The maximum Gasteiger partial charge on any atom is 0.225 e. The minimum atomic E-state index is -0.0386. The molecule has 1 aliphatic rings. The highest BCUT2D eigenvalue weighted by molar-refractivity contribution is 6.31. The van der Waals surface area contributed by atoms with E-state index in [1.54, 1.807) is 13.1 Å². The number of carbonyl (C=O) groups is 2. The van der Waals surface area contributed by atoms with Gasteiger partial charge in [0.15, 0.2) is 0 Å². The molecule has 1 aliphatic heterocycles. The number of nitrogens with one attached hydrogen (secondary N) is 2. The van der Waals surface area contributed by atoms with Crippen molar-refractivity contribution in [1.29, 1.82) is 0 Å². The van der Waals surface area contributed by atoms with Crippen LogP contribution in [0.4, 0.5) is 5.69 Å². The Morgan fingerprint density at radius 2 is 2.18 bits per heavy atom. The van der Waals surface area contributed by atoms with Crippen molar-refractivity contribution < 1.29 is 9.59 Å². The van der Waals surface area contributed by atoms with Crippen LogP contribution in [0.3, 0.4) is 0 Å². The molecule has 2 N–H and O–H groups in total. The van der Waals surface area contributed by atoms with Crippen LogP contribution in [0.5, 0.6) is 0 Å². The largest absolute Gasteiger partial charge is 0.359 e. The van der Waals surface area contributed by atoms with E-state index < -0.39 is 0 Å². The van der Waals surface area contributed by atoms with Crippen LogP contribution < -0.4 is 10.6 Å². The average molecular weight is 324 g/mol. The molecular weight excluding hydrogens is 302 g/mol. The summed E-state index contributed by atoms with van der Waals surface area (Å²) >= 11 is 6.04. The molecule has 2 amide bonds. The topological polar surface area (TPSA) is 61.4 Å². The molecule has 1 heterocycles. The van der Waals surface area contributed by atoms with Crippen LogP contribution in [-0.4, -0.2) is 43.4 Å². The van der Waals surface area contributed by atoms with Gasteiger partial charge in [0.05, 0.1) is 5.92 Å². The molecule has 0 saturated carbocycles. The quantitative estimate of drug-likeness (QED) is 0.871. The molecule has 5 nitrogen and oxygen atoms in total. The van der Waals surface area contributed by atoms with E-state index in [0.717, 1.165) is 25.1 Å². The van der Waals surface area contributed by atoms with Gasteiger partial charge in [0.2, 0.25) is 11.8 Å². The number of hydrogen-bond acceptors (Lipinski definition) is 3. The van der Waals surface area contributed by atoms with Gasteiger partial charge in [-0.15, -0.1) is 0 Å². The number of nitrogens with zero attached hydrogens (tertiary/aromatic N) is 1. The van der Waals surface area contributed by atoms with E-state index in [0.29, 0.717) is 23.7 Å². The minimum Gasteiger partial charge on any atom is -0.359 e. The van der Waals surface area contributed by atoms with Crippen molar-refractivity contribution in [3.8, 4) is 0 Å². The predicted octanol–water partition coefficient (Wildman–Crippen LogP) is 2.04. The first-order valence-electron chi connectivity index (χ1n) is 7.49.